The molecule has 2 N–H and O–H groups in total. The van der Waals surface area contributed by atoms with Gasteiger partial charge in [0.2, 0.25) is 12.3 Å². The van der Waals surface area contributed by atoms with E-state index < -0.39 is 12.2 Å². The first-order valence-corrected chi connectivity index (χ1v) is 13.6. The minimum Gasteiger partial charge on any atom is -0.508 e. The van der Waals surface area contributed by atoms with E-state index in [4.69, 9.17) is 4.74 Å². The molecule has 1 aliphatic rings. The molecule has 1 unspecified atom stereocenters. The van der Waals surface area contributed by atoms with Gasteiger partial charge in [-0.25, -0.2) is 14.8 Å². The van der Waals surface area contributed by atoms with Crippen molar-refractivity contribution in [1.29, 1.82) is 0 Å². The molecule has 10 nitrogen and oxygen atoms in total. The minimum atomic E-state index is -0.858. The molecule has 0 aliphatic carbocycles. The Morgan fingerprint density at radius 3 is 2.29 bits per heavy atom. The number of methoxy groups -OCH3 is 1. The third kappa shape index (κ3) is 7.15. The number of benzene rings is 3. The van der Waals surface area contributed by atoms with Crippen molar-refractivity contribution in [2.75, 3.05) is 27.2 Å². The molecule has 3 aromatic rings. The van der Waals surface area contributed by atoms with Gasteiger partial charge in [0, 0.05) is 33.1 Å². The standard InChI is InChI=1S/C31H37N5O5/c1-4-33(2)36(31(40)32-19-24-8-6-5-7-9-24)29-21-34(20-25-12-16-27(41-3)17-13-25)30(39)28(35(29)22-37)18-23-10-14-26(38)15-11-23/h5-17,22,28-29,38H,4,18-21H2,1-3H3,(H,32,40)/t28-,29?/m0/s1. The minimum absolute atomic E-state index is 0.112. The highest BCUT2D eigenvalue weighted by Crippen LogP contribution is 2.26. The highest BCUT2D eigenvalue weighted by Gasteiger charge is 2.45. The van der Waals surface area contributed by atoms with Gasteiger partial charge in [0.05, 0.1) is 13.7 Å². The molecule has 3 aromatic carbocycles. The van der Waals surface area contributed by atoms with Crippen molar-refractivity contribution < 1.29 is 24.2 Å². The van der Waals surface area contributed by atoms with Crippen LogP contribution in [0.4, 0.5) is 4.79 Å². The Labute approximate surface area is 240 Å². The number of ether oxygens (including phenoxy) is 1. The van der Waals surface area contributed by atoms with Crippen molar-refractivity contribution in [2.24, 2.45) is 0 Å². The molecule has 4 rings (SSSR count). The fourth-order valence-corrected chi connectivity index (χ4v) is 4.94. The summed E-state index contributed by atoms with van der Waals surface area (Å²) in [5, 5.41) is 16.0. The molecule has 1 heterocycles. The molecule has 0 bridgehead atoms. The van der Waals surface area contributed by atoms with Crippen LogP contribution in [0.2, 0.25) is 0 Å². The van der Waals surface area contributed by atoms with Crippen LogP contribution in [0.15, 0.2) is 78.9 Å². The predicted octanol–water partition coefficient (Wildman–Crippen LogP) is 3.22. The molecular weight excluding hydrogens is 522 g/mol. The maximum Gasteiger partial charge on any atom is 0.334 e. The lowest BCUT2D eigenvalue weighted by Gasteiger charge is -2.50. The van der Waals surface area contributed by atoms with Crippen molar-refractivity contribution >= 4 is 18.3 Å². The first kappa shape index (κ1) is 29.4. The Morgan fingerprint density at radius 2 is 1.68 bits per heavy atom. The van der Waals surface area contributed by atoms with Gasteiger partial charge in [-0.05, 0) is 41.0 Å². The number of piperazine rings is 1. The average molecular weight is 560 g/mol. The summed E-state index contributed by atoms with van der Waals surface area (Å²) in [5.74, 6) is 0.599. The zero-order chi connectivity index (χ0) is 29.4. The summed E-state index contributed by atoms with van der Waals surface area (Å²) in [5.41, 5.74) is 2.61. The largest absolute Gasteiger partial charge is 0.508 e. The number of hydrogen-bond acceptors (Lipinski definition) is 6. The van der Waals surface area contributed by atoms with Crippen LogP contribution >= 0.6 is 0 Å². The number of carbonyl (C=O) groups excluding carboxylic acids is 3. The lowest BCUT2D eigenvalue weighted by atomic mass is 9.99. The zero-order valence-electron chi connectivity index (χ0n) is 23.6. The van der Waals surface area contributed by atoms with Crippen molar-refractivity contribution in [2.45, 2.75) is 38.6 Å². The van der Waals surface area contributed by atoms with Gasteiger partial charge in [-0.3, -0.25) is 9.59 Å². The van der Waals surface area contributed by atoms with Gasteiger partial charge in [0.1, 0.15) is 23.7 Å². The van der Waals surface area contributed by atoms with E-state index in [2.05, 4.69) is 5.32 Å². The maximum atomic E-state index is 13.9. The molecule has 1 saturated heterocycles. The van der Waals surface area contributed by atoms with E-state index in [1.807, 2.05) is 61.5 Å². The molecule has 0 aromatic heterocycles. The van der Waals surface area contributed by atoms with Gasteiger partial charge in [0.15, 0.2) is 0 Å². The van der Waals surface area contributed by atoms with Gasteiger partial charge < -0.3 is 25.0 Å². The number of amides is 4. The summed E-state index contributed by atoms with van der Waals surface area (Å²) >= 11 is 0. The number of carbonyl (C=O) groups is 3. The Balaban J connectivity index is 1.67. The molecule has 0 radical (unpaired) electrons. The van der Waals surface area contributed by atoms with Crippen molar-refractivity contribution in [3.63, 3.8) is 0 Å². The number of nitrogens with one attached hydrogen (secondary N) is 1. The molecule has 1 fully saturated rings. The number of phenols is 1. The Bertz CT molecular complexity index is 1300. The average Bonchev–Trinajstić information content (AvgIpc) is 3.00. The summed E-state index contributed by atoms with van der Waals surface area (Å²) in [6.45, 7) is 3.15. The number of urea groups is 1. The molecule has 4 amide bonds. The van der Waals surface area contributed by atoms with E-state index in [1.165, 1.54) is 9.91 Å². The van der Waals surface area contributed by atoms with E-state index >= 15 is 0 Å². The van der Waals surface area contributed by atoms with Crippen molar-refractivity contribution in [1.82, 2.24) is 25.1 Å². The van der Waals surface area contributed by atoms with E-state index in [0.717, 1.165) is 16.7 Å². The second-order valence-corrected chi connectivity index (χ2v) is 9.95. The summed E-state index contributed by atoms with van der Waals surface area (Å²) in [6.07, 6.45) is 0.119. The normalized spacial score (nSPS) is 16.9. The van der Waals surface area contributed by atoms with E-state index in [0.29, 0.717) is 31.8 Å². The smallest absolute Gasteiger partial charge is 0.334 e. The fourth-order valence-electron chi connectivity index (χ4n) is 4.94. The van der Waals surface area contributed by atoms with Crippen molar-refractivity contribution in [3.05, 3.63) is 95.6 Å². The summed E-state index contributed by atoms with van der Waals surface area (Å²) in [4.78, 5) is 43.4. The molecule has 0 saturated carbocycles. The van der Waals surface area contributed by atoms with Crippen molar-refractivity contribution in [3.8, 4) is 11.5 Å². The number of nitrogens with zero attached hydrogens (tertiary/aromatic N) is 4. The Kier molecular flexibility index (Phi) is 9.81. The van der Waals surface area contributed by atoms with Crippen LogP contribution in [0, 0.1) is 0 Å². The summed E-state index contributed by atoms with van der Waals surface area (Å²) in [7, 11) is 3.38. The number of hydrogen-bond donors (Lipinski definition) is 2. The Hall–Kier alpha value is -4.57. The van der Waals surface area contributed by atoms with Gasteiger partial charge >= 0.3 is 6.03 Å². The summed E-state index contributed by atoms with van der Waals surface area (Å²) in [6, 6.07) is 22.4. The Morgan fingerprint density at radius 1 is 1.02 bits per heavy atom. The predicted molar refractivity (Wildman–Crippen MR) is 155 cm³/mol. The SMILES string of the molecule is CCN(C)N(C(=O)NCc1ccccc1)C1CN(Cc2ccc(OC)cc2)C(=O)[C@H](Cc2ccc(O)cc2)N1C=O. The molecular formula is C31H37N5O5. The van der Waals surface area contributed by atoms with E-state index in [9.17, 15) is 19.5 Å². The first-order valence-electron chi connectivity index (χ1n) is 13.6. The number of hydrazine groups is 1. The van der Waals surface area contributed by atoms with Crippen LogP contribution in [0.5, 0.6) is 11.5 Å². The zero-order valence-corrected chi connectivity index (χ0v) is 23.6. The van der Waals surface area contributed by atoms with Crippen LogP contribution < -0.4 is 10.1 Å². The van der Waals surface area contributed by atoms with Crippen LogP contribution in [-0.2, 0) is 29.1 Å². The number of aromatic hydroxyl groups is 1. The third-order valence-corrected chi connectivity index (χ3v) is 7.31. The first-order chi connectivity index (χ1) is 19.8. The monoisotopic (exact) mass is 559 g/mol. The maximum absolute atomic E-state index is 13.9. The molecule has 2 atom stereocenters. The number of rotatable bonds is 11. The fraction of sp³-hybridized carbons (Fsp3) is 0.323. The van der Waals surface area contributed by atoms with Crippen LogP contribution in [0.25, 0.3) is 0 Å². The quantitative estimate of drug-likeness (QED) is 0.276. The van der Waals surface area contributed by atoms with Gasteiger partial charge in [-0.1, -0.05) is 61.5 Å². The van der Waals surface area contributed by atoms with Crippen LogP contribution in [0.1, 0.15) is 23.6 Å². The van der Waals surface area contributed by atoms with Crippen LogP contribution in [0.3, 0.4) is 0 Å². The lowest BCUT2D eigenvalue weighted by molar-refractivity contribution is -0.165. The molecule has 41 heavy (non-hydrogen) atoms. The second kappa shape index (κ2) is 13.7. The lowest BCUT2D eigenvalue weighted by Crippen LogP contribution is -2.70. The van der Waals surface area contributed by atoms with Gasteiger partial charge in [-0.2, -0.15) is 0 Å². The molecule has 1 aliphatic heterocycles. The molecule has 10 heteroatoms. The third-order valence-electron chi connectivity index (χ3n) is 7.31. The van der Waals surface area contributed by atoms with E-state index in [1.54, 1.807) is 48.3 Å². The topological polar surface area (TPSA) is 106 Å². The molecule has 0 spiro atoms. The highest BCUT2D eigenvalue weighted by atomic mass is 16.5. The van der Waals surface area contributed by atoms with Crippen LogP contribution in [-0.4, -0.2) is 82.7 Å². The molecule has 216 valence electrons. The second-order valence-electron chi connectivity index (χ2n) is 9.95. The summed E-state index contributed by atoms with van der Waals surface area (Å²) < 4.78 is 5.27. The van der Waals surface area contributed by atoms with E-state index in [-0.39, 0.29) is 30.7 Å². The number of phenolic OH excluding ortho intramolecular Hbond substituents is 1. The van der Waals surface area contributed by atoms with Gasteiger partial charge in [-0.15, -0.1) is 0 Å². The highest BCUT2D eigenvalue weighted by molar-refractivity contribution is 5.86. The van der Waals surface area contributed by atoms with Gasteiger partial charge in [0.25, 0.3) is 0 Å².